The van der Waals surface area contributed by atoms with E-state index in [9.17, 15) is 4.79 Å². The molecule has 2 saturated carbocycles. The van der Waals surface area contributed by atoms with Crippen LogP contribution in [0.15, 0.2) is 29.4 Å². The zero-order valence-corrected chi connectivity index (χ0v) is 14.5. The van der Waals surface area contributed by atoms with E-state index >= 15 is 0 Å². The summed E-state index contributed by atoms with van der Waals surface area (Å²) in [6.07, 6.45) is 3.82. The number of ether oxygens (including phenoxy) is 1. The van der Waals surface area contributed by atoms with Gasteiger partial charge in [-0.25, -0.2) is 5.43 Å². The first-order valence-corrected chi connectivity index (χ1v) is 8.35. The Morgan fingerprint density at radius 3 is 2.52 bits per heavy atom. The van der Waals surface area contributed by atoms with Crippen molar-refractivity contribution in [1.82, 2.24) is 5.43 Å². The van der Waals surface area contributed by atoms with Gasteiger partial charge in [-0.2, -0.15) is 5.10 Å². The van der Waals surface area contributed by atoms with Gasteiger partial charge in [-0.3, -0.25) is 4.79 Å². The lowest BCUT2D eigenvalue weighted by Crippen LogP contribution is -2.34. The molecule has 1 aromatic carbocycles. The molecule has 23 heavy (non-hydrogen) atoms. The Balaban J connectivity index is 1.63. The third-order valence-electron chi connectivity index (χ3n) is 6.35. The van der Waals surface area contributed by atoms with Crippen LogP contribution in [0.4, 0.5) is 0 Å². The van der Waals surface area contributed by atoms with E-state index in [1.54, 1.807) is 7.11 Å². The number of hydrazone groups is 1. The molecule has 0 radical (unpaired) electrons. The van der Waals surface area contributed by atoms with Crippen molar-refractivity contribution in [1.29, 1.82) is 0 Å². The van der Waals surface area contributed by atoms with Gasteiger partial charge in [0.05, 0.1) is 13.5 Å². The van der Waals surface area contributed by atoms with Gasteiger partial charge in [0.15, 0.2) is 0 Å². The average Bonchev–Trinajstić information content (AvgIpc) is 2.86. The van der Waals surface area contributed by atoms with Crippen LogP contribution in [-0.2, 0) is 11.2 Å². The van der Waals surface area contributed by atoms with Crippen LogP contribution in [0.2, 0.25) is 0 Å². The van der Waals surface area contributed by atoms with Crippen molar-refractivity contribution >= 4 is 11.6 Å². The molecular formula is C19H26N2O2. The smallest absolute Gasteiger partial charge is 0.244 e. The van der Waals surface area contributed by atoms with E-state index in [1.807, 2.05) is 24.3 Å². The van der Waals surface area contributed by atoms with Gasteiger partial charge in [-0.15, -0.1) is 0 Å². The van der Waals surface area contributed by atoms with Gasteiger partial charge < -0.3 is 4.74 Å². The Hall–Kier alpha value is -1.84. The number of benzene rings is 1. The van der Waals surface area contributed by atoms with Crippen molar-refractivity contribution < 1.29 is 9.53 Å². The molecule has 2 aliphatic carbocycles. The highest BCUT2D eigenvalue weighted by atomic mass is 16.5. The van der Waals surface area contributed by atoms with E-state index < -0.39 is 0 Å². The molecule has 124 valence electrons. The fraction of sp³-hybridized carbons (Fsp3) is 0.579. The predicted molar refractivity (Wildman–Crippen MR) is 91.5 cm³/mol. The van der Waals surface area contributed by atoms with Crippen molar-refractivity contribution in [2.45, 2.75) is 46.5 Å². The summed E-state index contributed by atoms with van der Waals surface area (Å²) in [5.74, 6) is 1.43. The van der Waals surface area contributed by atoms with Crippen LogP contribution in [0.1, 0.15) is 45.6 Å². The van der Waals surface area contributed by atoms with Gasteiger partial charge in [0.2, 0.25) is 5.91 Å². The summed E-state index contributed by atoms with van der Waals surface area (Å²) in [7, 11) is 1.63. The molecule has 2 atom stereocenters. The topological polar surface area (TPSA) is 50.7 Å². The first kappa shape index (κ1) is 16.0. The van der Waals surface area contributed by atoms with E-state index in [0.717, 1.165) is 17.7 Å². The number of hydrogen-bond acceptors (Lipinski definition) is 3. The molecule has 2 bridgehead atoms. The van der Waals surface area contributed by atoms with Gasteiger partial charge in [0.25, 0.3) is 0 Å². The van der Waals surface area contributed by atoms with Crippen LogP contribution in [-0.4, -0.2) is 18.7 Å². The predicted octanol–water partition coefficient (Wildman–Crippen LogP) is 3.56. The monoisotopic (exact) mass is 314 g/mol. The minimum Gasteiger partial charge on any atom is -0.497 e. The third-order valence-corrected chi connectivity index (χ3v) is 6.35. The summed E-state index contributed by atoms with van der Waals surface area (Å²) in [4.78, 5) is 12.1. The van der Waals surface area contributed by atoms with E-state index in [0.29, 0.717) is 12.3 Å². The summed E-state index contributed by atoms with van der Waals surface area (Å²) in [5, 5.41) is 4.50. The third kappa shape index (κ3) is 2.64. The lowest BCUT2D eigenvalue weighted by Gasteiger charge is -2.34. The maximum atomic E-state index is 12.1. The molecule has 1 N–H and O–H groups in total. The number of fused-ring (bicyclic) bond motifs is 2. The van der Waals surface area contributed by atoms with Crippen molar-refractivity contribution in [3.63, 3.8) is 0 Å². The van der Waals surface area contributed by atoms with Crippen LogP contribution in [0, 0.1) is 16.7 Å². The van der Waals surface area contributed by atoms with E-state index in [1.165, 1.54) is 18.6 Å². The number of amides is 1. The highest BCUT2D eigenvalue weighted by Crippen LogP contribution is 2.63. The Kier molecular flexibility index (Phi) is 3.95. The molecule has 2 aliphatic rings. The van der Waals surface area contributed by atoms with Crippen LogP contribution >= 0.6 is 0 Å². The summed E-state index contributed by atoms with van der Waals surface area (Å²) < 4.78 is 5.13. The zero-order chi connectivity index (χ0) is 16.7. The van der Waals surface area contributed by atoms with Crippen molar-refractivity contribution in [3.05, 3.63) is 29.8 Å². The number of hydrogen-bond donors (Lipinski definition) is 1. The summed E-state index contributed by atoms with van der Waals surface area (Å²) in [5.41, 5.74) is 5.31. The number of methoxy groups -OCH3 is 1. The largest absolute Gasteiger partial charge is 0.497 e. The van der Waals surface area contributed by atoms with Crippen LogP contribution in [0.3, 0.4) is 0 Å². The molecule has 2 fully saturated rings. The fourth-order valence-corrected chi connectivity index (χ4v) is 4.20. The first-order valence-electron chi connectivity index (χ1n) is 8.35. The molecule has 1 aromatic rings. The Morgan fingerprint density at radius 1 is 1.30 bits per heavy atom. The second-order valence-corrected chi connectivity index (χ2v) is 7.61. The standard InChI is InChI=1S/C19H26N2O2/c1-18(2)14-9-10-19(18,3)16(12-14)20-21-17(22)11-13-5-7-15(23-4)8-6-13/h5-8,14H,9-12H2,1-4H3,(H,21,22)/b20-16-/t14-,19+/m1/s1. The number of nitrogens with zero attached hydrogens (tertiary/aromatic N) is 1. The average molecular weight is 314 g/mol. The molecule has 0 saturated heterocycles. The maximum Gasteiger partial charge on any atom is 0.244 e. The molecule has 1 amide bonds. The fourth-order valence-electron chi connectivity index (χ4n) is 4.20. The Morgan fingerprint density at radius 2 is 2.00 bits per heavy atom. The van der Waals surface area contributed by atoms with Gasteiger partial charge in [0, 0.05) is 11.1 Å². The lowest BCUT2D eigenvalue weighted by atomic mass is 9.70. The molecular weight excluding hydrogens is 288 g/mol. The first-order chi connectivity index (χ1) is 10.9. The van der Waals surface area contributed by atoms with Gasteiger partial charge in [0.1, 0.15) is 5.75 Å². The van der Waals surface area contributed by atoms with Gasteiger partial charge in [-0.1, -0.05) is 32.9 Å². The molecule has 4 nitrogen and oxygen atoms in total. The SMILES string of the molecule is COc1ccc(CC(=O)N/N=C2/C[C@H]3CC[C@]2(C)C3(C)C)cc1. The maximum absolute atomic E-state index is 12.1. The van der Waals surface area contributed by atoms with Crippen molar-refractivity contribution in [2.24, 2.45) is 21.8 Å². The Labute approximate surface area is 138 Å². The minimum absolute atomic E-state index is 0.0631. The second kappa shape index (κ2) is 5.66. The molecule has 4 heteroatoms. The van der Waals surface area contributed by atoms with E-state index in [4.69, 9.17) is 4.74 Å². The highest BCUT2D eigenvalue weighted by Gasteiger charge is 2.59. The molecule has 0 aromatic heterocycles. The number of nitrogens with one attached hydrogen (secondary N) is 1. The van der Waals surface area contributed by atoms with Gasteiger partial charge in [-0.05, 0) is 48.3 Å². The summed E-state index contributed by atoms with van der Waals surface area (Å²) >= 11 is 0. The summed E-state index contributed by atoms with van der Waals surface area (Å²) in [6, 6.07) is 7.56. The molecule has 3 rings (SSSR count). The van der Waals surface area contributed by atoms with Crippen LogP contribution < -0.4 is 10.2 Å². The van der Waals surface area contributed by atoms with E-state index in [-0.39, 0.29) is 16.7 Å². The zero-order valence-electron chi connectivity index (χ0n) is 14.5. The number of rotatable bonds is 4. The minimum atomic E-state index is -0.0631. The number of carbonyl (C=O) groups is 1. The molecule has 0 unspecified atom stereocenters. The van der Waals surface area contributed by atoms with Crippen molar-refractivity contribution in [3.8, 4) is 5.75 Å². The molecule has 0 heterocycles. The van der Waals surface area contributed by atoms with Gasteiger partial charge >= 0.3 is 0 Å². The highest BCUT2D eigenvalue weighted by molar-refractivity contribution is 5.95. The molecule has 0 aliphatic heterocycles. The van der Waals surface area contributed by atoms with Crippen LogP contribution in [0.5, 0.6) is 5.75 Å². The van der Waals surface area contributed by atoms with Crippen LogP contribution in [0.25, 0.3) is 0 Å². The quantitative estimate of drug-likeness (QED) is 0.864. The molecule has 0 spiro atoms. The second-order valence-electron chi connectivity index (χ2n) is 7.61. The Bertz CT molecular complexity index is 633. The number of carbonyl (C=O) groups excluding carboxylic acids is 1. The van der Waals surface area contributed by atoms with Crippen molar-refractivity contribution in [2.75, 3.05) is 7.11 Å². The normalized spacial score (nSPS) is 29.7. The lowest BCUT2D eigenvalue weighted by molar-refractivity contribution is -0.120. The summed E-state index contributed by atoms with van der Waals surface area (Å²) in [6.45, 7) is 6.98. The van der Waals surface area contributed by atoms with E-state index in [2.05, 4.69) is 31.3 Å².